The minimum atomic E-state index is -0.0976. The molecule has 1 unspecified atom stereocenters. The average Bonchev–Trinajstić information content (AvgIpc) is 3.28. The van der Waals surface area contributed by atoms with E-state index in [1.165, 1.54) is 30.6 Å². The van der Waals surface area contributed by atoms with E-state index >= 15 is 0 Å². The Morgan fingerprint density at radius 2 is 2.31 bits per heavy atom. The van der Waals surface area contributed by atoms with Gasteiger partial charge in [-0.1, -0.05) is 0 Å². The van der Waals surface area contributed by atoms with Gasteiger partial charge in [-0.3, -0.25) is 4.79 Å². The molecule has 3 aromatic heterocycles. The normalized spacial score (nSPS) is 17.6. The Morgan fingerprint density at radius 3 is 3.08 bits per heavy atom. The fourth-order valence-electron chi connectivity index (χ4n) is 3.56. The first-order valence-corrected chi connectivity index (χ1v) is 9.78. The van der Waals surface area contributed by atoms with Gasteiger partial charge in [-0.2, -0.15) is 0 Å². The number of carbonyl (C=O) groups is 1. The molecule has 0 aliphatic carbocycles. The number of piperidine rings is 1. The Hall–Kier alpha value is -2.41. The number of aryl methyl sites for hydroxylation is 1. The third kappa shape index (κ3) is 3.07. The largest absolute Gasteiger partial charge is 0.467 e. The minimum Gasteiger partial charge on any atom is -0.467 e. The minimum absolute atomic E-state index is 0.0976. The third-order valence-electron chi connectivity index (χ3n) is 4.99. The number of furan rings is 1. The Kier molecular flexibility index (Phi) is 4.63. The zero-order chi connectivity index (χ0) is 18.1. The predicted molar refractivity (Wildman–Crippen MR) is 103 cm³/mol. The van der Waals surface area contributed by atoms with Crippen LogP contribution in [0.2, 0.25) is 0 Å². The molecule has 1 aliphatic heterocycles. The summed E-state index contributed by atoms with van der Waals surface area (Å²) < 4.78 is 5.28. The molecule has 1 amide bonds. The molecule has 4 heterocycles. The topological polar surface area (TPSA) is 71.3 Å². The van der Waals surface area contributed by atoms with Crippen LogP contribution in [-0.4, -0.2) is 28.5 Å². The van der Waals surface area contributed by atoms with Gasteiger partial charge in [0.25, 0.3) is 5.91 Å². The second-order valence-electron chi connectivity index (χ2n) is 6.73. The zero-order valence-corrected chi connectivity index (χ0v) is 15.8. The Bertz CT molecular complexity index is 919. The van der Waals surface area contributed by atoms with E-state index in [0.29, 0.717) is 17.5 Å². The lowest BCUT2D eigenvalue weighted by Crippen LogP contribution is -2.38. The highest BCUT2D eigenvalue weighted by atomic mass is 32.1. The zero-order valence-electron chi connectivity index (χ0n) is 15.0. The van der Waals surface area contributed by atoms with Gasteiger partial charge < -0.3 is 14.6 Å². The molecule has 0 aromatic carbocycles. The van der Waals surface area contributed by atoms with Gasteiger partial charge in [0.15, 0.2) is 0 Å². The van der Waals surface area contributed by atoms with Crippen LogP contribution < -0.4 is 10.2 Å². The summed E-state index contributed by atoms with van der Waals surface area (Å²) >= 11 is 1.43. The molecule has 0 radical (unpaired) electrons. The van der Waals surface area contributed by atoms with Crippen LogP contribution in [0.15, 0.2) is 29.1 Å². The van der Waals surface area contributed by atoms with Crippen molar-refractivity contribution in [3.8, 4) is 0 Å². The molecule has 0 spiro atoms. The lowest BCUT2D eigenvalue weighted by molar-refractivity contribution is 0.0951. The first-order valence-electron chi connectivity index (χ1n) is 8.96. The maximum absolute atomic E-state index is 12.7. The van der Waals surface area contributed by atoms with E-state index in [-0.39, 0.29) is 5.91 Å². The van der Waals surface area contributed by atoms with E-state index in [1.807, 2.05) is 19.1 Å². The van der Waals surface area contributed by atoms with E-state index in [9.17, 15) is 4.79 Å². The number of thiophene rings is 1. The summed E-state index contributed by atoms with van der Waals surface area (Å²) in [6, 6.07) is 4.12. The standard InChI is InChI=1S/C19H22N4O2S/c1-12-6-3-4-8-23(12)17-15-13(2)16(26-19(15)22-11-21-17)18(24)20-10-14-7-5-9-25-14/h5,7,9,11-12H,3-4,6,8,10H2,1-2H3,(H,20,24). The van der Waals surface area contributed by atoms with Gasteiger partial charge >= 0.3 is 0 Å². The summed E-state index contributed by atoms with van der Waals surface area (Å²) in [5.41, 5.74) is 0.954. The van der Waals surface area contributed by atoms with Crippen LogP contribution in [0.25, 0.3) is 10.2 Å². The first kappa shape index (κ1) is 17.0. The molecule has 4 rings (SSSR count). The number of amides is 1. The molecule has 1 N–H and O–H groups in total. The van der Waals surface area contributed by atoms with Gasteiger partial charge in [-0.25, -0.2) is 9.97 Å². The Labute approximate surface area is 156 Å². The van der Waals surface area contributed by atoms with Crippen LogP contribution in [0.3, 0.4) is 0 Å². The van der Waals surface area contributed by atoms with Crippen molar-refractivity contribution in [2.45, 2.75) is 45.7 Å². The molecular weight excluding hydrogens is 348 g/mol. The van der Waals surface area contributed by atoms with Crippen LogP contribution in [0.4, 0.5) is 5.82 Å². The molecule has 3 aromatic rings. The Balaban J connectivity index is 1.66. The van der Waals surface area contributed by atoms with Crippen LogP contribution >= 0.6 is 11.3 Å². The smallest absolute Gasteiger partial charge is 0.262 e. The van der Waals surface area contributed by atoms with E-state index in [1.54, 1.807) is 12.6 Å². The maximum Gasteiger partial charge on any atom is 0.262 e. The molecular formula is C19H22N4O2S. The number of hydrogen-bond acceptors (Lipinski definition) is 6. The van der Waals surface area contributed by atoms with E-state index in [2.05, 4.69) is 27.1 Å². The number of carbonyl (C=O) groups excluding carboxylic acids is 1. The highest BCUT2D eigenvalue weighted by molar-refractivity contribution is 7.20. The lowest BCUT2D eigenvalue weighted by Gasteiger charge is -2.34. The Morgan fingerprint density at radius 1 is 1.42 bits per heavy atom. The molecule has 6 nitrogen and oxygen atoms in total. The van der Waals surface area contributed by atoms with E-state index in [4.69, 9.17) is 4.42 Å². The molecule has 0 saturated carbocycles. The number of aromatic nitrogens is 2. The molecule has 1 fully saturated rings. The average molecular weight is 370 g/mol. The number of nitrogens with zero attached hydrogens (tertiary/aromatic N) is 3. The van der Waals surface area contributed by atoms with Crippen molar-refractivity contribution in [2.75, 3.05) is 11.4 Å². The van der Waals surface area contributed by atoms with Gasteiger partial charge in [-0.15, -0.1) is 11.3 Å². The van der Waals surface area contributed by atoms with E-state index in [0.717, 1.165) is 33.9 Å². The summed E-state index contributed by atoms with van der Waals surface area (Å²) in [6.45, 7) is 5.61. The van der Waals surface area contributed by atoms with E-state index < -0.39 is 0 Å². The van der Waals surface area contributed by atoms with Crippen LogP contribution in [-0.2, 0) is 6.54 Å². The lowest BCUT2D eigenvalue weighted by atomic mass is 10.0. The van der Waals surface area contributed by atoms with Crippen molar-refractivity contribution < 1.29 is 9.21 Å². The second kappa shape index (κ2) is 7.07. The molecule has 0 bridgehead atoms. The van der Waals surface area contributed by atoms with Gasteiger partial charge in [0.05, 0.1) is 23.1 Å². The fourth-order valence-corrected chi connectivity index (χ4v) is 4.62. The maximum atomic E-state index is 12.7. The molecule has 26 heavy (non-hydrogen) atoms. The van der Waals surface area contributed by atoms with Crippen molar-refractivity contribution in [3.63, 3.8) is 0 Å². The molecule has 1 saturated heterocycles. The number of fused-ring (bicyclic) bond motifs is 1. The molecule has 1 atom stereocenters. The summed E-state index contributed by atoms with van der Waals surface area (Å²) in [4.78, 5) is 25.6. The highest BCUT2D eigenvalue weighted by Gasteiger charge is 2.25. The van der Waals surface area contributed by atoms with Gasteiger partial charge in [0.2, 0.25) is 0 Å². The van der Waals surface area contributed by atoms with Gasteiger partial charge in [-0.05, 0) is 50.8 Å². The third-order valence-corrected chi connectivity index (χ3v) is 6.19. The number of hydrogen-bond donors (Lipinski definition) is 1. The van der Waals surface area contributed by atoms with Crippen molar-refractivity contribution in [1.29, 1.82) is 0 Å². The first-order chi connectivity index (χ1) is 12.6. The van der Waals surface area contributed by atoms with Crippen molar-refractivity contribution in [1.82, 2.24) is 15.3 Å². The molecule has 1 aliphatic rings. The summed E-state index contributed by atoms with van der Waals surface area (Å²) in [7, 11) is 0. The quantitative estimate of drug-likeness (QED) is 0.754. The fraction of sp³-hybridized carbons (Fsp3) is 0.421. The van der Waals surface area contributed by atoms with Gasteiger partial charge in [0.1, 0.15) is 22.7 Å². The molecule has 136 valence electrons. The van der Waals surface area contributed by atoms with Crippen molar-refractivity contribution in [2.24, 2.45) is 0 Å². The number of rotatable bonds is 4. The summed E-state index contributed by atoms with van der Waals surface area (Å²) in [5.74, 6) is 1.60. The predicted octanol–water partition coefficient (Wildman–Crippen LogP) is 3.90. The SMILES string of the molecule is Cc1c(C(=O)NCc2ccco2)sc2ncnc(N3CCCCC3C)c12. The summed E-state index contributed by atoms with van der Waals surface area (Å²) in [6.07, 6.45) is 6.82. The number of nitrogens with one attached hydrogen (secondary N) is 1. The van der Waals surface area contributed by atoms with Crippen LogP contribution in [0.5, 0.6) is 0 Å². The van der Waals surface area contributed by atoms with Crippen molar-refractivity contribution >= 4 is 33.3 Å². The van der Waals surface area contributed by atoms with Crippen LogP contribution in [0, 0.1) is 6.92 Å². The van der Waals surface area contributed by atoms with Crippen LogP contribution in [0.1, 0.15) is 47.2 Å². The van der Waals surface area contributed by atoms with Gasteiger partial charge in [0, 0.05) is 12.6 Å². The highest BCUT2D eigenvalue weighted by Crippen LogP contribution is 2.36. The van der Waals surface area contributed by atoms with Crippen molar-refractivity contribution in [3.05, 3.63) is 40.9 Å². The summed E-state index contributed by atoms with van der Waals surface area (Å²) in [5, 5.41) is 3.94. The number of anilines is 1. The molecule has 7 heteroatoms. The monoisotopic (exact) mass is 370 g/mol. The second-order valence-corrected chi connectivity index (χ2v) is 7.73.